The maximum atomic E-state index is 12.3. The van der Waals surface area contributed by atoms with Crippen molar-refractivity contribution < 1.29 is 9.53 Å². The van der Waals surface area contributed by atoms with Crippen LogP contribution in [0.3, 0.4) is 0 Å². The zero-order valence-corrected chi connectivity index (χ0v) is 11.2. The zero-order chi connectivity index (χ0) is 13.0. The zero-order valence-electron chi connectivity index (χ0n) is 11.2. The van der Waals surface area contributed by atoms with Gasteiger partial charge in [-0.05, 0) is 18.1 Å². The number of Topliss-reactive ketones (excluding diaryl/α,β-unsaturated/α-hetero) is 1. The Balaban J connectivity index is 2.15. The van der Waals surface area contributed by atoms with E-state index in [4.69, 9.17) is 4.74 Å². The summed E-state index contributed by atoms with van der Waals surface area (Å²) in [6, 6.07) is 5.74. The van der Waals surface area contributed by atoms with E-state index < -0.39 is 0 Å². The van der Waals surface area contributed by atoms with Crippen LogP contribution in [0.4, 0.5) is 5.69 Å². The van der Waals surface area contributed by atoms with E-state index in [2.05, 4.69) is 19.2 Å². The molecule has 0 aromatic heterocycles. The van der Waals surface area contributed by atoms with Crippen molar-refractivity contribution in [2.75, 3.05) is 18.5 Å². The number of ketones is 1. The van der Waals surface area contributed by atoms with Crippen LogP contribution in [0.1, 0.15) is 43.5 Å². The number of hydrogen-bond acceptors (Lipinski definition) is 3. The summed E-state index contributed by atoms with van der Waals surface area (Å²) in [6.45, 7) is 5.72. The SMILES string of the molecule is CCCC(C)CC(=O)c1cccc2c1OCCN2. The second-order valence-corrected chi connectivity index (χ2v) is 4.98. The Kier molecular flexibility index (Phi) is 4.24. The van der Waals surface area contributed by atoms with Gasteiger partial charge in [0.25, 0.3) is 0 Å². The molecule has 1 N–H and O–H groups in total. The molecule has 0 fully saturated rings. The van der Waals surface area contributed by atoms with Crippen molar-refractivity contribution in [3.63, 3.8) is 0 Å². The summed E-state index contributed by atoms with van der Waals surface area (Å²) in [5.41, 5.74) is 1.66. The highest BCUT2D eigenvalue weighted by Gasteiger charge is 2.20. The molecule has 0 amide bonds. The molecule has 0 saturated carbocycles. The molecular formula is C15H21NO2. The standard InChI is InChI=1S/C15H21NO2/c1-3-5-11(2)10-14(17)12-6-4-7-13-15(12)18-9-8-16-13/h4,6-7,11,16H,3,5,8-10H2,1-2H3. The van der Waals surface area contributed by atoms with Crippen LogP contribution in [-0.2, 0) is 0 Å². The van der Waals surface area contributed by atoms with Gasteiger partial charge in [0.15, 0.2) is 11.5 Å². The lowest BCUT2D eigenvalue weighted by Gasteiger charge is -2.21. The van der Waals surface area contributed by atoms with Gasteiger partial charge in [-0.25, -0.2) is 0 Å². The summed E-state index contributed by atoms with van der Waals surface area (Å²) < 4.78 is 5.63. The summed E-state index contributed by atoms with van der Waals surface area (Å²) >= 11 is 0. The molecule has 18 heavy (non-hydrogen) atoms. The van der Waals surface area contributed by atoms with Crippen molar-refractivity contribution in [3.05, 3.63) is 23.8 Å². The van der Waals surface area contributed by atoms with Gasteiger partial charge in [-0.2, -0.15) is 0 Å². The van der Waals surface area contributed by atoms with E-state index in [9.17, 15) is 4.79 Å². The quantitative estimate of drug-likeness (QED) is 0.809. The fraction of sp³-hybridized carbons (Fsp3) is 0.533. The summed E-state index contributed by atoms with van der Waals surface area (Å²) in [7, 11) is 0. The highest BCUT2D eigenvalue weighted by atomic mass is 16.5. The number of nitrogens with one attached hydrogen (secondary N) is 1. The molecule has 0 bridgehead atoms. The van der Waals surface area contributed by atoms with Crippen LogP contribution in [-0.4, -0.2) is 18.9 Å². The molecule has 0 radical (unpaired) electrons. The number of hydrogen-bond donors (Lipinski definition) is 1. The van der Waals surface area contributed by atoms with Crippen molar-refractivity contribution in [2.45, 2.75) is 33.1 Å². The van der Waals surface area contributed by atoms with E-state index in [-0.39, 0.29) is 5.78 Å². The summed E-state index contributed by atoms with van der Waals surface area (Å²) in [6.07, 6.45) is 2.83. The number of benzene rings is 1. The normalized spacial score (nSPS) is 15.2. The van der Waals surface area contributed by atoms with E-state index >= 15 is 0 Å². The Labute approximate surface area is 109 Å². The molecule has 0 aliphatic carbocycles. The van der Waals surface area contributed by atoms with Gasteiger partial charge >= 0.3 is 0 Å². The molecule has 0 spiro atoms. The first-order chi connectivity index (χ1) is 8.72. The van der Waals surface area contributed by atoms with E-state index in [1.807, 2.05) is 18.2 Å². The van der Waals surface area contributed by atoms with Gasteiger partial charge in [-0.3, -0.25) is 4.79 Å². The fourth-order valence-electron chi connectivity index (χ4n) is 2.41. The topological polar surface area (TPSA) is 38.3 Å². The molecule has 98 valence electrons. The average Bonchev–Trinajstić information content (AvgIpc) is 2.38. The largest absolute Gasteiger partial charge is 0.489 e. The Morgan fingerprint density at radius 3 is 3.11 bits per heavy atom. The maximum absolute atomic E-state index is 12.3. The highest BCUT2D eigenvalue weighted by Crippen LogP contribution is 2.32. The molecule has 2 rings (SSSR count). The van der Waals surface area contributed by atoms with Crippen LogP contribution < -0.4 is 10.1 Å². The lowest BCUT2D eigenvalue weighted by molar-refractivity contribution is 0.0958. The number of rotatable bonds is 5. The monoisotopic (exact) mass is 247 g/mol. The second kappa shape index (κ2) is 5.89. The van der Waals surface area contributed by atoms with Crippen LogP contribution in [0.15, 0.2) is 18.2 Å². The number of carbonyl (C=O) groups excluding carboxylic acids is 1. The highest BCUT2D eigenvalue weighted by molar-refractivity contribution is 6.00. The predicted octanol–water partition coefficient (Wildman–Crippen LogP) is 3.50. The molecule has 1 atom stereocenters. The van der Waals surface area contributed by atoms with Gasteiger partial charge in [0.05, 0.1) is 11.3 Å². The first kappa shape index (κ1) is 12.9. The van der Waals surface area contributed by atoms with Crippen molar-refractivity contribution in [3.8, 4) is 5.75 Å². The minimum absolute atomic E-state index is 0.191. The Morgan fingerprint density at radius 2 is 2.33 bits per heavy atom. The van der Waals surface area contributed by atoms with Gasteiger partial charge in [0.1, 0.15) is 6.61 Å². The Hall–Kier alpha value is -1.51. The molecule has 3 nitrogen and oxygen atoms in total. The van der Waals surface area contributed by atoms with E-state index in [1.165, 1.54) is 0 Å². The molecule has 1 heterocycles. The average molecular weight is 247 g/mol. The maximum Gasteiger partial charge on any atom is 0.166 e. The van der Waals surface area contributed by atoms with Crippen LogP contribution in [0, 0.1) is 5.92 Å². The smallest absolute Gasteiger partial charge is 0.166 e. The van der Waals surface area contributed by atoms with Crippen LogP contribution in [0.25, 0.3) is 0 Å². The van der Waals surface area contributed by atoms with Crippen molar-refractivity contribution >= 4 is 11.5 Å². The van der Waals surface area contributed by atoms with Gasteiger partial charge in [0, 0.05) is 13.0 Å². The molecule has 0 saturated heterocycles. The third kappa shape index (κ3) is 2.84. The number of anilines is 1. The first-order valence-electron chi connectivity index (χ1n) is 6.75. The van der Waals surface area contributed by atoms with Gasteiger partial charge in [-0.1, -0.05) is 32.8 Å². The minimum Gasteiger partial charge on any atom is -0.489 e. The third-order valence-corrected chi connectivity index (χ3v) is 3.29. The van der Waals surface area contributed by atoms with Gasteiger partial charge in [0.2, 0.25) is 0 Å². The number of para-hydroxylation sites is 1. The third-order valence-electron chi connectivity index (χ3n) is 3.29. The van der Waals surface area contributed by atoms with Crippen molar-refractivity contribution in [1.82, 2.24) is 0 Å². The van der Waals surface area contributed by atoms with E-state index in [0.717, 1.165) is 36.4 Å². The lowest BCUT2D eigenvalue weighted by atomic mass is 9.95. The number of ether oxygens (including phenoxy) is 1. The summed E-state index contributed by atoms with van der Waals surface area (Å²) in [5.74, 6) is 1.36. The van der Waals surface area contributed by atoms with Gasteiger partial charge in [-0.15, -0.1) is 0 Å². The fourth-order valence-corrected chi connectivity index (χ4v) is 2.41. The second-order valence-electron chi connectivity index (χ2n) is 4.98. The number of carbonyl (C=O) groups is 1. The van der Waals surface area contributed by atoms with Crippen molar-refractivity contribution in [2.24, 2.45) is 5.92 Å². The predicted molar refractivity (Wildman–Crippen MR) is 73.4 cm³/mol. The molecule has 1 aromatic carbocycles. The Morgan fingerprint density at radius 1 is 1.50 bits per heavy atom. The Bertz CT molecular complexity index is 429. The number of fused-ring (bicyclic) bond motifs is 1. The summed E-state index contributed by atoms with van der Waals surface area (Å²) in [5, 5.41) is 3.26. The minimum atomic E-state index is 0.191. The molecule has 3 heteroatoms. The molecular weight excluding hydrogens is 226 g/mol. The lowest BCUT2D eigenvalue weighted by Crippen LogP contribution is -2.20. The van der Waals surface area contributed by atoms with Crippen LogP contribution >= 0.6 is 0 Å². The van der Waals surface area contributed by atoms with Crippen LogP contribution in [0.5, 0.6) is 5.75 Å². The summed E-state index contributed by atoms with van der Waals surface area (Å²) in [4.78, 5) is 12.3. The first-order valence-corrected chi connectivity index (χ1v) is 6.75. The van der Waals surface area contributed by atoms with Crippen LogP contribution in [0.2, 0.25) is 0 Å². The molecule has 1 unspecified atom stereocenters. The molecule has 1 aliphatic rings. The molecule has 1 aliphatic heterocycles. The van der Waals surface area contributed by atoms with Crippen molar-refractivity contribution in [1.29, 1.82) is 0 Å². The van der Waals surface area contributed by atoms with E-state index in [0.29, 0.717) is 18.9 Å². The van der Waals surface area contributed by atoms with E-state index in [1.54, 1.807) is 0 Å². The molecule has 1 aromatic rings. The van der Waals surface area contributed by atoms with Gasteiger partial charge < -0.3 is 10.1 Å².